The number of hydrogen-bond donors (Lipinski definition) is 1. The lowest BCUT2D eigenvalue weighted by Crippen LogP contribution is -2.50. The summed E-state index contributed by atoms with van der Waals surface area (Å²) in [5, 5.41) is 0.505. The lowest BCUT2D eigenvalue weighted by molar-refractivity contribution is 0.142. The van der Waals surface area contributed by atoms with E-state index in [0.717, 1.165) is 37.2 Å². The van der Waals surface area contributed by atoms with Gasteiger partial charge >= 0.3 is 6.03 Å². The smallest absolute Gasteiger partial charge is 0.315 e. The van der Waals surface area contributed by atoms with Crippen LogP contribution in [-0.2, 0) is 6.42 Å². The van der Waals surface area contributed by atoms with Crippen molar-refractivity contribution in [3.8, 4) is 10.9 Å². The Morgan fingerprint density at radius 3 is 2.76 bits per heavy atom. The van der Waals surface area contributed by atoms with E-state index in [4.69, 9.17) is 10.5 Å². The lowest BCUT2D eigenvalue weighted by atomic mass is 10.1. The fourth-order valence-corrected chi connectivity index (χ4v) is 5.13. The minimum atomic E-state index is -0.300. The van der Waals surface area contributed by atoms with Crippen LogP contribution in [0.2, 0.25) is 0 Å². The third-order valence-electron chi connectivity index (χ3n) is 5.78. The highest BCUT2D eigenvalue weighted by Crippen LogP contribution is 2.32. The van der Waals surface area contributed by atoms with Gasteiger partial charge in [-0.1, -0.05) is 23.5 Å². The number of nitrogens with zero attached hydrogens (tertiary/aromatic N) is 3. The predicted octanol–water partition coefficient (Wildman–Crippen LogP) is 3.61. The number of fused-ring (bicyclic) bond motifs is 3. The second-order valence-corrected chi connectivity index (χ2v) is 8.61. The van der Waals surface area contributed by atoms with Crippen LogP contribution in [0.3, 0.4) is 0 Å². The summed E-state index contributed by atoms with van der Waals surface area (Å²) in [5.41, 5.74) is 7.27. The molecule has 2 aliphatic heterocycles. The number of thiazole rings is 1. The third kappa shape index (κ3) is 3.65. The number of carbonyl (C=O) groups excluding carboxylic acids is 1. The standard InChI is InChI=1S/C21H21FN4O2S/c22-14-3-6-19-18(9-14)24-21(29-19)28-17-4-1-13(2-5-17)7-8-25-11-16-10-15(25)12-26(16)20(23)27/h1-6,9,15-16H,7-8,10-12H2,(H2,23,27)/t15-,16+/m1/s1. The Morgan fingerprint density at radius 2 is 2.03 bits per heavy atom. The van der Waals surface area contributed by atoms with E-state index >= 15 is 0 Å². The van der Waals surface area contributed by atoms with E-state index in [0.29, 0.717) is 22.5 Å². The molecular weight excluding hydrogens is 391 g/mol. The van der Waals surface area contributed by atoms with Crippen molar-refractivity contribution in [1.82, 2.24) is 14.8 Å². The van der Waals surface area contributed by atoms with Crippen molar-refractivity contribution in [1.29, 1.82) is 0 Å². The highest BCUT2D eigenvalue weighted by Gasteiger charge is 2.44. The van der Waals surface area contributed by atoms with Crippen LogP contribution in [0.25, 0.3) is 10.2 Å². The lowest BCUT2D eigenvalue weighted by Gasteiger charge is -2.33. The second-order valence-electron chi connectivity index (χ2n) is 7.62. The monoisotopic (exact) mass is 412 g/mol. The van der Waals surface area contributed by atoms with Crippen LogP contribution in [0.1, 0.15) is 12.0 Å². The van der Waals surface area contributed by atoms with Crippen molar-refractivity contribution in [3.05, 3.63) is 53.8 Å². The molecule has 2 bridgehead atoms. The summed E-state index contributed by atoms with van der Waals surface area (Å²) in [6.45, 7) is 2.63. The van der Waals surface area contributed by atoms with E-state index in [1.165, 1.54) is 29.0 Å². The van der Waals surface area contributed by atoms with Gasteiger partial charge in [-0.3, -0.25) is 4.90 Å². The summed E-state index contributed by atoms with van der Waals surface area (Å²) in [6, 6.07) is 13.0. The van der Waals surface area contributed by atoms with Crippen molar-refractivity contribution >= 4 is 27.6 Å². The number of hydrogen-bond acceptors (Lipinski definition) is 5. The minimum absolute atomic E-state index is 0.274. The molecule has 2 N–H and O–H groups in total. The van der Waals surface area contributed by atoms with E-state index in [-0.39, 0.29) is 17.9 Å². The molecule has 2 atom stereocenters. The quantitative estimate of drug-likeness (QED) is 0.695. The first-order chi connectivity index (χ1) is 14.0. The Labute approximate surface area is 171 Å². The minimum Gasteiger partial charge on any atom is -0.431 e. The topological polar surface area (TPSA) is 71.7 Å². The normalized spacial score (nSPS) is 21.2. The number of rotatable bonds is 5. The summed E-state index contributed by atoms with van der Waals surface area (Å²) >= 11 is 1.40. The molecular formula is C21H21FN4O2S. The molecule has 8 heteroatoms. The number of nitrogens with two attached hydrogens (primary N) is 1. The zero-order valence-corrected chi connectivity index (χ0v) is 16.6. The summed E-state index contributed by atoms with van der Waals surface area (Å²) < 4.78 is 20.0. The van der Waals surface area contributed by atoms with Gasteiger partial charge in [-0.05, 0) is 42.7 Å². The number of halogens is 1. The zero-order valence-electron chi connectivity index (χ0n) is 15.8. The van der Waals surface area contributed by atoms with Crippen LogP contribution < -0.4 is 10.5 Å². The highest BCUT2D eigenvalue weighted by molar-refractivity contribution is 7.20. The van der Waals surface area contributed by atoms with E-state index in [1.807, 2.05) is 12.1 Å². The van der Waals surface area contributed by atoms with Gasteiger partial charge in [0.15, 0.2) is 0 Å². The number of aromatic nitrogens is 1. The first-order valence-electron chi connectivity index (χ1n) is 9.68. The molecule has 3 heterocycles. The number of primary amides is 1. The average molecular weight is 412 g/mol. The maximum absolute atomic E-state index is 13.3. The summed E-state index contributed by atoms with van der Waals surface area (Å²) in [5.74, 6) is 0.415. The molecule has 2 aromatic carbocycles. The van der Waals surface area contributed by atoms with Crippen LogP contribution in [0.5, 0.6) is 10.9 Å². The van der Waals surface area contributed by atoms with Crippen molar-refractivity contribution in [3.63, 3.8) is 0 Å². The Hall–Kier alpha value is -2.71. The number of carbonyl (C=O) groups is 1. The van der Waals surface area contributed by atoms with E-state index < -0.39 is 0 Å². The molecule has 2 aliphatic rings. The van der Waals surface area contributed by atoms with Gasteiger partial charge in [0.05, 0.1) is 10.2 Å². The van der Waals surface area contributed by atoms with Crippen molar-refractivity contribution in [2.45, 2.75) is 24.9 Å². The molecule has 2 amide bonds. The largest absolute Gasteiger partial charge is 0.431 e. The molecule has 150 valence electrons. The Kier molecular flexibility index (Phi) is 4.60. The van der Waals surface area contributed by atoms with Crippen LogP contribution in [0.15, 0.2) is 42.5 Å². The van der Waals surface area contributed by atoms with Gasteiger partial charge in [0, 0.05) is 37.8 Å². The Morgan fingerprint density at radius 1 is 1.21 bits per heavy atom. The number of amides is 2. The SMILES string of the molecule is NC(=O)N1C[C@H]2C[C@H]1CN2CCc1ccc(Oc2nc3cc(F)ccc3s2)cc1. The summed E-state index contributed by atoms with van der Waals surface area (Å²) in [6.07, 6.45) is 1.97. The fourth-order valence-electron chi connectivity index (χ4n) is 4.31. The van der Waals surface area contributed by atoms with Crippen LogP contribution in [0.4, 0.5) is 9.18 Å². The van der Waals surface area contributed by atoms with E-state index in [9.17, 15) is 9.18 Å². The number of ether oxygens (including phenoxy) is 1. The van der Waals surface area contributed by atoms with Crippen molar-refractivity contribution in [2.24, 2.45) is 5.73 Å². The molecule has 5 rings (SSSR count). The van der Waals surface area contributed by atoms with Gasteiger partial charge in [0.2, 0.25) is 0 Å². The summed E-state index contributed by atoms with van der Waals surface area (Å²) in [7, 11) is 0. The molecule has 1 aromatic heterocycles. The van der Waals surface area contributed by atoms with Crippen LogP contribution >= 0.6 is 11.3 Å². The summed E-state index contributed by atoms with van der Waals surface area (Å²) in [4.78, 5) is 20.0. The Bertz CT molecular complexity index is 1050. The number of piperazine rings is 1. The predicted molar refractivity (Wildman–Crippen MR) is 110 cm³/mol. The number of benzene rings is 2. The van der Waals surface area contributed by atoms with E-state index in [2.05, 4.69) is 22.0 Å². The van der Waals surface area contributed by atoms with Gasteiger partial charge in [0.1, 0.15) is 11.6 Å². The van der Waals surface area contributed by atoms with Gasteiger partial charge in [-0.25, -0.2) is 14.2 Å². The first-order valence-corrected chi connectivity index (χ1v) is 10.5. The third-order valence-corrected chi connectivity index (χ3v) is 6.70. The maximum Gasteiger partial charge on any atom is 0.315 e. The van der Waals surface area contributed by atoms with Gasteiger partial charge in [-0.2, -0.15) is 0 Å². The Balaban J connectivity index is 1.17. The molecule has 0 radical (unpaired) electrons. The van der Waals surface area contributed by atoms with Crippen LogP contribution in [0, 0.1) is 5.82 Å². The van der Waals surface area contributed by atoms with Crippen molar-refractivity contribution < 1.29 is 13.9 Å². The van der Waals surface area contributed by atoms with Crippen molar-refractivity contribution in [2.75, 3.05) is 19.6 Å². The number of likely N-dealkylation sites (tertiary alicyclic amines) is 2. The highest BCUT2D eigenvalue weighted by atomic mass is 32.1. The zero-order chi connectivity index (χ0) is 20.0. The molecule has 0 spiro atoms. The molecule has 2 fully saturated rings. The molecule has 6 nitrogen and oxygen atoms in total. The average Bonchev–Trinajstić information content (AvgIpc) is 3.40. The van der Waals surface area contributed by atoms with Gasteiger partial charge in [-0.15, -0.1) is 0 Å². The van der Waals surface area contributed by atoms with E-state index in [1.54, 1.807) is 11.0 Å². The van der Waals surface area contributed by atoms with Crippen LogP contribution in [-0.4, -0.2) is 52.5 Å². The molecule has 29 heavy (non-hydrogen) atoms. The molecule has 3 aromatic rings. The second kappa shape index (κ2) is 7.27. The molecule has 0 saturated carbocycles. The van der Waals surface area contributed by atoms with Gasteiger partial charge in [0.25, 0.3) is 5.19 Å². The molecule has 0 aliphatic carbocycles. The molecule has 0 unspecified atom stereocenters. The maximum atomic E-state index is 13.3. The first kappa shape index (κ1) is 18.3. The fraction of sp³-hybridized carbons (Fsp3) is 0.333. The molecule has 2 saturated heterocycles. The van der Waals surface area contributed by atoms with Gasteiger partial charge < -0.3 is 15.4 Å². The number of urea groups is 1.